The number of rotatable bonds is 1. The molecule has 3 aromatic rings. The lowest BCUT2D eigenvalue weighted by Crippen LogP contribution is -1.86. The topological polar surface area (TPSA) is 43.1 Å². The molecular formula is C12H10N4S. The second-order valence-electron chi connectivity index (χ2n) is 4.19. The molecule has 0 aliphatic heterocycles. The maximum atomic E-state index is 4.63. The quantitative estimate of drug-likeness (QED) is 0.658. The third-order valence-electron chi connectivity index (χ3n) is 3.14. The van der Waals surface area contributed by atoms with Gasteiger partial charge < -0.3 is 0 Å². The van der Waals surface area contributed by atoms with Crippen LogP contribution in [0.15, 0.2) is 24.8 Å². The van der Waals surface area contributed by atoms with E-state index in [0.717, 1.165) is 16.3 Å². The molecule has 4 nitrogen and oxygen atoms in total. The average Bonchev–Trinajstić information content (AvgIpc) is 3.00. The summed E-state index contributed by atoms with van der Waals surface area (Å²) in [4.78, 5) is 15.6. The molecule has 0 saturated carbocycles. The fourth-order valence-corrected chi connectivity index (χ4v) is 3.55. The number of fused-ring (bicyclic) bond motifs is 3. The van der Waals surface area contributed by atoms with Crippen molar-refractivity contribution in [3.05, 3.63) is 35.4 Å². The molecule has 1 aliphatic carbocycles. The number of thiazole rings is 1. The van der Waals surface area contributed by atoms with Crippen molar-refractivity contribution < 1.29 is 0 Å². The van der Waals surface area contributed by atoms with Crippen molar-refractivity contribution in [1.82, 2.24) is 19.4 Å². The summed E-state index contributed by atoms with van der Waals surface area (Å²) in [6, 6.07) is 0. The highest BCUT2D eigenvalue weighted by molar-refractivity contribution is 7.17. The summed E-state index contributed by atoms with van der Waals surface area (Å²) in [6.45, 7) is 0. The van der Waals surface area contributed by atoms with Crippen molar-refractivity contribution in [2.45, 2.75) is 19.3 Å². The van der Waals surface area contributed by atoms with Gasteiger partial charge in [0.05, 0.1) is 6.20 Å². The molecule has 0 spiro atoms. The highest BCUT2D eigenvalue weighted by Crippen LogP contribution is 2.32. The number of nitrogens with zero attached hydrogens (tertiary/aromatic N) is 4. The van der Waals surface area contributed by atoms with Gasteiger partial charge in [-0.15, -0.1) is 11.3 Å². The Labute approximate surface area is 102 Å². The van der Waals surface area contributed by atoms with E-state index < -0.39 is 0 Å². The number of aromatic nitrogens is 4. The Hall–Kier alpha value is -1.75. The number of aryl methyl sites for hydroxylation is 2. The molecule has 84 valence electrons. The van der Waals surface area contributed by atoms with E-state index in [1.165, 1.54) is 29.8 Å². The molecule has 3 aromatic heterocycles. The first kappa shape index (κ1) is 9.30. The van der Waals surface area contributed by atoms with E-state index >= 15 is 0 Å². The minimum atomic E-state index is 0.843. The molecule has 0 atom stereocenters. The van der Waals surface area contributed by atoms with Crippen LogP contribution in [0.2, 0.25) is 0 Å². The highest BCUT2D eigenvalue weighted by Gasteiger charge is 2.19. The van der Waals surface area contributed by atoms with Crippen LogP contribution in [-0.4, -0.2) is 19.4 Å². The molecule has 0 fully saturated rings. The van der Waals surface area contributed by atoms with Crippen LogP contribution in [0.5, 0.6) is 0 Å². The molecule has 0 aromatic carbocycles. The van der Waals surface area contributed by atoms with E-state index in [1.807, 2.05) is 0 Å². The van der Waals surface area contributed by atoms with Crippen LogP contribution in [0.4, 0.5) is 0 Å². The van der Waals surface area contributed by atoms with Gasteiger partial charge in [0.15, 0.2) is 4.96 Å². The molecular weight excluding hydrogens is 232 g/mol. The van der Waals surface area contributed by atoms with Crippen molar-refractivity contribution in [2.75, 3.05) is 0 Å². The number of hydrogen-bond donors (Lipinski definition) is 0. The fraction of sp³-hybridized carbons (Fsp3) is 0.250. The third-order valence-corrected chi connectivity index (χ3v) is 4.30. The van der Waals surface area contributed by atoms with Crippen LogP contribution in [0, 0.1) is 0 Å². The van der Waals surface area contributed by atoms with Gasteiger partial charge in [-0.2, -0.15) is 0 Å². The monoisotopic (exact) mass is 242 g/mol. The van der Waals surface area contributed by atoms with Gasteiger partial charge in [-0.1, -0.05) is 0 Å². The lowest BCUT2D eigenvalue weighted by molar-refractivity contribution is 0.888. The normalized spacial score (nSPS) is 14.4. The van der Waals surface area contributed by atoms with Crippen LogP contribution in [-0.2, 0) is 12.8 Å². The zero-order valence-electron chi connectivity index (χ0n) is 9.13. The van der Waals surface area contributed by atoms with E-state index in [0.29, 0.717) is 0 Å². The minimum Gasteiger partial charge on any atom is -0.294 e. The molecule has 17 heavy (non-hydrogen) atoms. The van der Waals surface area contributed by atoms with Gasteiger partial charge in [0.2, 0.25) is 0 Å². The van der Waals surface area contributed by atoms with Gasteiger partial charge >= 0.3 is 0 Å². The fourth-order valence-electron chi connectivity index (χ4n) is 2.36. The van der Waals surface area contributed by atoms with Gasteiger partial charge in [-0.3, -0.25) is 14.4 Å². The lowest BCUT2D eigenvalue weighted by atomic mass is 10.3. The molecule has 0 N–H and O–H groups in total. The van der Waals surface area contributed by atoms with Crippen LogP contribution in [0.25, 0.3) is 16.3 Å². The molecule has 4 rings (SSSR count). The maximum Gasteiger partial charge on any atom is 0.194 e. The Balaban J connectivity index is 1.91. The molecule has 5 heteroatoms. The molecule has 0 saturated heterocycles. The lowest BCUT2D eigenvalue weighted by Gasteiger charge is -1.93. The van der Waals surface area contributed by atoms with Gasteiger partial charge in [0.1, 0.15) is 11.4 Å². The predicted octanol–water partition coefficient (Wildman–Crippen LogP) is 2.34. The third kappa shape index (κ3) is 1.32. The SMILES string of the molecule is c1cnc(-c2cn3c4c(sc3n2)CCC4)cn1. The standard InChI is InChI=1S/C12H10N4S/c1-2-10-11(3-1)17-12-15-9(7-16(10)12)8-6-13-4-5-14-8/h4-7H,1-3H2. The second kappa shape index (κ2) is 3.37. The van der Waals surface area contributed by atoms with E-state index in [-0.39, 0.29) is 0 Å². The van der Waals surface area contributed by atoms with Crippen LogP contribution >= 0.6 is 11.3 Å². The first-order valence-corrected chi connectivity index (χ1v) is 6.49. The molecule has 3 heterocycles. The highest BCUT2D eigenvalue weighted by atomic mass is 32.1. The maximum absolute atomic E-state index is 4.63. The number of hydrogen-bond acceptors (Lipinski definition) is 4. The molecule has 1 aliphatic rings. The van der Waals surface area contributed by atoms with E-state index in [9.17, 15) is 0 Å². The Morgan fingerprint density at radius 3 is 3.06 bits per heavy atom. The molecule has 0 bridgehead atoms. The van der Waals surface area contributed by atoms with Gasteiger partial charge in [0.25, 0.3) is 0 Å². The van der Waals surface area contributed by atoms with Crippen molar-refractivity contribution in [3.63, 3.8) is 0 Å². The van der Waals surface area contributed by atoms with E-state index in [4.69, 9.17) is 0 Å². The largest absolute Gasteiger partial charge is 0.294 e. The average molecular weight is 242 g/mol. The molecule has 0 amide bonds. The predicted molar refractivity (Wildman–Crippen MR) is 66.1 cm³/mol. The Morgan fingerprint density at radius 2 is 2.18 bits per heavy atom. The first-order valence-electron chi connectivity index (χ1n) is 5.68. The van der Waals surface area contributed by atoms with Crippen molar-refractivity contribution >= 4 is 16.3 Å². The summed E-state index contributed by atoms with van der Waals surface area (Å²) in [5.74, 6) is 0. The summed E-state index contributed by atoms with van der Waals surface area (Å²) in [5, 5.41) is 0. The summed E-state index contributed by atoms with van der Waals surface area (Å²) in [5.41, 5.74) is 3.20. The zero-order chi connectivity index (χ0) is 11.2. The smallest absolute Gasteiger partial charge is 0.194 e. The first-order chi connectivity index (χ1) is 8.42. The van der Waals surface area contributed by atoms with Crippen LogP contribution in [0.3, 0.4) is 0 Å². The Kier molecular flexibility index (Phi) is 1.84. The summed E-state index contributed by atoms with van der Waals surface area (Å²) in [6.07, 6.45) is 10.9. The van der Waals surface area contributed by atoms with Gasteiger partial charge in [-0.05, 0) is 19.3 Å². The minimum absolute atomic E-state index is 0.843. The van der Waals surface area contributed by atoms with Crippen LogP contribution < -0.4 is 0 Å². The van der Waals surface area contributed by atoms with Crippen molar-refractivity contribution in [3.8, 4) is 11.4 Å². The zero-order valence-corrected chi connectivity index (χ0v) is 9.94. The van der Waals surface area contributed by atoms with Crippen molar-refractivity contribution in [1.29, 1.82) is 0 Å². The molecule has 0 unspecified atom stereocenters. The van der Waals surface area contributed by atoms with Gasteiger partial charge in [0, 0.05) is 29.2 Å². The Bertz CT molecular complexity index is 683. The molecule has 0 radical (unpaired) electrons. The number of imidazole rings is 1. The Morgan fingerprint density at radius 1 is 1.18 bits per heavy atom. The van der Waals surface area contributed by atoms with E-state index in [2.05, 4.69) is 25.5 Å². The second-order valence-corrected chi connectivity index (χ2v) is 5.26. The summed E-state index contributed by atoms with van der Waals surface area (Å²) in [7, 11) is 0. The van der Waals surface area contributed by atoms with Gasteiger partial charge in [-0.25, -0.2) is 4.98 Å². The summed E-state index contributed by atoms with van der Waals surface area (Å²) < 4.78 is 2.22. The summed E-state index contributed by atoms with van der Waals surface area (Å²) >= 11 is 1.81. The van der Waals surface area contributed by atoms with Crippen LogP contribution in [0.1, 0.15) is 17.0 Å². The van der Waals surface area contributed by atoms with Crippen molar-refractivity contribution in [2.24, 2.45) is 0 Å². The van der Waals surface area contributed by atoms with E-state index in [1.54, 1.807) is 29.9 Å².